The second kappa shape index (κ2) is 7.25. The van der Waals surface area contributed by atoms with Crippen LogP contribution >= 0.6 is 0 Å². The zero-order valence-corrected chi connectivity index (χ0v) is 11.1. The Labute approximate surface area is 99.9 Å². The van der Waals surface area contributed by atoms with Crippen LogP contribution < -0.4 is 5.32 Å². The van der Waals surface area contributed by atoms with Crippen LogP contribution in [0.3, 0.4) is 0 Å². The zero-order chi connectivity index (χ0) is 11.9. The Morgan fingerprint density at radius 1 is 1.50 bits per heavy atom. The van der Waals surface area contributed by atoms with E-state index in [-0.39, 0.29) is 0 Å². The monoisotopic (exact) mass is 229 g/mol. The summed E-state index contributed by atoms with van der Waals surface area (Å²) in [4.78, 5) is 0. The topological polar surface area (TPSA) is 30.5 Å². The highest BCUT2D eigenvalue weighted by Crippen LogP contribution is 2.37. The molecule has 1 fully saturated rings. The predicted octanol–water partition coefficient (Wildman–Crippen LogP) is 2.07. The van der Waals surface area contributed by atoms with Gasteiger partial charge < -0.3 is 14.8 Å². The third-order valence-corrected chi connectivity index (χ3v) is 3.88. The molecule has 3 nitrogen and oxygen atoms in total. The van der Waals surface area contributed by atoms with E-state index in [0.29, 0.717) is 11.3 Å². The molecule has 1 N–H and O–H groups in total. The molecular weight excluding hydrogens is 202 g/mol. The van der Waals surface area contributed by atoms with Crippen molar-refractivity contribution in [1.29, 1.82) is 0 Å². The molecule has 0 saturated carbocycles. The molecule has 0 spiro atoms. The van der Waals surface area contributed by atoms with E-state index in [1.54, 1.807) is 7.11 Å². The first-order chi connectivity index (χ1) is 7.75. The molecule has 0 aromatic heterocycles. The van der Waals surface area contributed by atoms with Crippen molar-refractivity contribution in [1.82, 2.24) is 5.32 Å². The molecule has 0 aromatic carbocycles. The summed E-state index contributed by atoms with van der Waals surface area (Å²) in [7, 11) is 1.78. The molecule has 0 amide bonds. The molecular formula is C13H27NO2. The van der Waals surface area contributed by atoms with E-state index in [0.717, 1.165) is 39.3 Å². The molecule has 0 aromatic rings. The molecule has 2 unspecified atom stereocenters. The number of nitrogens with one attached hydrogen (secondary N) is 1. The number of methoxy groups -OCH3 is 1. The molecule has 96 valence electrons. The summed E-state index contributed by atoms with van der Waals surface area (Å²) in [6.45, 7) is 9.32. The van der Waals surface area contributed by atoms with Gasteiger partial charge in [-0.25, -0.2) is 0 Å². The third kappa shape index (κ3) is 3.72. The van der Waals surface area contributed by atoms with Crippen LogP contribution in [0.5, 0.6) is 0 Å². The minimum absolute atomic E-state index is 0.326. The highest BCUT2D eigenvalue weighted by Gasteiger charge is 2.37. The van der Waals surface area contributed by atoms with Crippen LogP contribution in [-0.4, -0.2) is 40.0 Å². The molecule has 1 rings (SSSR count). The van der Waals surface area contributed by atoms with Crippen LogP contribution in [-0.2, 0) is 9.47 Å². The van der Waals surface area contributed by atoms with Gasteiger partial charge in [0.1, 0.15) is 0 Å². The average molecular weight is 229 g/mol. The van der Waals surface area contributed by atoms with Gasteiger partial charge in [0.15, 0.2) is 0 Å². The van der Waals surface area contributed by atoms with E-state index in [2.05, 4.69) is 19.2 Å². The molecule has 1 saturated heterocycles. The minimum Gasteiger partial charge on any atom is -0.385 e. The van der Waals surface area contributed by atoms with Crippen molar-refractivity contribution in [3.8, 4) is 0 Å². The molecule has 1 aliphatic rings. The number of ether oxygens (including phenoxy) is 2. The van der Waals surface area contributed by atoms with Crippen molar-refractivity contribution >= 4 is 0 Å². The van der Waals surface area contributed by atoms with Gasteiger partial charge in [-0.3, -0.25) is 0 Å². The van der Waals surface area contributed by atoms with E-state index in [1.807, 2.05) is 0 Å². The quantitative estimate of drug-likeness (QED) is 0.725. The first-order valence-electron chi connectivity index (χ1n) is 6.52. The Bertz CT molecular complexity index is 179. The Kier molecular flexibility index (Phi) is 6.32. The van der Waals surface area contributed by atoms with Crippen LogP contribution in [0.4, 0.5) is 0 Å². The number of hydrogen-bond donors (Lipinski definition) is 1. The third-order valence-electron chi connectivity index (χ3n) is 3.88. The van der Waals surface area contributed by atoms with Crippen LogP contribution in [0.1, 0.15) is 33.1 Å². The van der Waals surface area contributed by atoms with Gasteiger partial charge >= 0.3 is 0 Å². The van der Waals surface area contributed by atoms with Gasteiger partial charge in [0.05, 0.1) is 6.61 Å². The van der Waals surface area contributed by atoms with Crippen molar-refractivity contribution in [2.45, 2.75) is 33.1 Å². The normalized spacial score (nSPS) is 27.9. The summed E-state index contributed by atoms with van der Waals surface area (Å²) in [6, 6.07) is 0. The van der Waals surface area contributed by atoms with E-state index in [9.17, 15) is 0 Å². The van der Waals surface area contributed by atoms with Crippen molar-refractivity contribution in [3.05, 3.63) is 0 Å². The van der Waals surface area contributed by atoms with E-state index in [1.165, 1.54) is 12.8 Å². The van der Waals surface area contributed by atoms with E-state index < -0.39 is 0 Å². The maximum Gasteiger partial charge on any atom is 0.0537 e. The maximum atomic E-state index is 5.70. The van der Waals surface area contributed by atoms with E-state index >= 15 is 0 Å². The van der Waals surface area contributed by atoms with Crippen LogP contribution in [0.25, 0.3) is 0 Å². The van der Waals surface area contributed by atoms with Crippen molar-refractivity contribution < 1.29 is 9.47 Å². The molecule has 2 atom stereocenters. The second-order valence-corrected chi connectivity index (χ2v) is 4.98. The SMILES string of the molecule is CCNCC1(C(C)CCOC)CCCOC1. The fraction of sp³-hybridized carbons (Fsp3) is 1.00. The highest BCUT2D eigenvalue weighted by atomic mass is 16.5. The van der Waals surface area contributed by atoms with Crippen LogP contribution in [0, 0.1) is 11.3 Å². The Balaban J connectivity index is 2.53. The molecule has 0 radical (unpaired) electrons. The summed E-state index contributed by atoms with van der Waals surface area (Å²) >= 11 is 0. The first kappa shape index (κ1) is 13.9. The van der Waals surface area contributed by atoms with Crippen molar-refractivity contribution in [3.63, 3.8) is 0 Å². The fourth-order valence-corrected chi connectivity index (χ4v) is 2.55. The summed E-state index contributed by atoms with van der Waals surface area (Å²) in [6.07, 6.45) is 3.61. The molecule has 1 heterocycles. The lowest BCUT2D eigenvalue weighted by atomic mass is 9.71. The lowest BCUT2D eigenvalue weighted by molar-refractivity contribution is -0.0434. The average Bonchev–Trinajstić information content (AvgIpc) is 2.34. The van der Waals surface area contributed by atoms with Gasteiger partial charge in [0, 0.05) is 32.3 Å². The second-order valence-electron chi connectivity index (χ2n) is 4.98. The largest absolute Gasteiger partial charge is 0.385 e. The van der Waals surface area contributed by atoms with Gasteiger partial charge in [-0.15, -0.1) is 0 Å². The standard InChI is InChI=1S/C13H27NO2/c1-4-14-10-13(7-5-8-16-11-13)12(2)6-9-15-3/h12,14H,4-11H2,1-3H3. The van der Waals surface area contributed by atoms with Crippen molar-refractivity contribution in [2.24, 2.45) is 11.3 Å². The first-order valence-corrected chi connectivity index (χ1v) is 6.52. The Morgan fingerprint density at radius 3 is 2.88 bits per heavy atom. The molecule has 0 bridgehead atoms. The molecule has 0 aliphatic carbocycles. The van der Waals surface area contributed by atoms with Crippen LogP contribution in [0.2, 0.25) is 0 Å². The lowest BCUT2D eigenvalue weighted by Gasteiger charge is -2.42. The fourth-order valence-electron chi connectivity index (χ4n) is 2.55. The molecule has 16 heavy (non-hydrogen) atoms. The van der Waals surface area contributed by atoms with Gasteiger partial charge in [-0.2, -0.15) is 0 Å². The number of rotatable bonds is 7. The summed E-state index contributed by atoms with van der Waals surface area (Å²) in [5.41, 5.74) is 0.326. The predicted molar refractivity (Wildman–Crippen MR) is 66.7 cm³/mol. The summed E-state index contributed by atoms with van der Waals surface area (Å²) in [5.74, 6) is 0.659. The zero-order valence-electron chi connectivity index (χ0n) is 11.1. The molecule has 3 heteroatoms. The Morgan fingerprint density at radius 2 is 2.31 bits per heavy atom. The summed E-state index contributed by atoms with van der Waals surface area (Å²) in [5, 5.41) is 3.50. The maximum absolute atomic E-state index is 5.70. The van der Waals surface area contributed by atoms with E-state index in [4.69, 9.17) is 9.47 Å². The molecule has 1 aliphatic heterocycles. The summed E-state index contributed by atoms with van der Waals surface area (Å²) < 4.78 is 10.9. The van der Waals surface area contributed by atoms with Gasteiger partial charge in [0.2, 0.25) is 0 Å². The number of hydrogen-bond acceptors (Lipinski definition) is 3. The van der Waals surface area contributed by atoms with Crippen LogP contribution in [0.15, 0.2) is 0 Å². The van der Waals surface area contributed by atoms with Gasteiger partial charge in [-0.1, -0.05) is 13.8 Å². The minimum atomic E-state index is 0.326. The lowest BCUT2D eigenvalue weighted by Crippen LogP contribution is -2.45. The van der Waals surface area contributed by atoms with Gasteiger partial charge in [-0.05, 0) is 31.7 Å². The van der Waals surface area contributed by atoms with Crippen molar-refractivity contribution in [2.75, 3.05) is 40.0 Å². The smallest absolute Gasteiger partial charge is 0.0537 e. The van der Waals surface area contributed by atoms with Gasteiger partial charge in [0.25, 0.3) is 0 Å². The Hall–Kier alpha value is -0.120. The highest BCUT2D eigenvalue weighted by molar-refractivity contribution is 4.88.